The molecule has 7 heteroatoms. The summed E-state index contributed by atoms with van der Waals surface area (Å²) in [5, 5.41) is 14.4. The Hall–Kier alpha value is -1.89. The van der Waals surface area contributed by atoms with Crippen LogP contribution in [0.5, 0.6) is 5.75 Å². The summed E-state index contributed by atoms with van der Waals surface area (Å²) in [4.78, 5) is 12.4. The first-order chi connectivity index (χ1) is 9.11. The molecule has 1 aromatic carbocycles. The Labute approximate surface area is 116 Å². The summed E-state index contributed by atoms with van der Waals surface area (Å²) in [7, 11) is 1.52. The molecule has 1 heterocycles. The van der Waals surface area contributed by atoms with Crippen molar-refractivity contribution in [2.75, 3.05) is 25.5 Å². The van der Waals surface area contributed by atoms with Gasteiger partial charge >= 0.3 is 0 Å². The molecular formula is C12H15N3O3S. The second kappa shape index (κ2) is 5.83. The van der Waals surface area contributed by atoms with Crippen LogP contribution in [0.2, 0.25) is 0 Å². The number of non-ortho nitro benzene ring substituents is 1. The number of nitro benzene ring substituents is 1. The van der Waals surface area contributed by atoms with Crippen molar-refractivity contribution in [1.29, 1.82) is 0 Å². The van der Waals surface area contributed by atoms with E-state index in [0.717, 1.165) is 25.9 Å². The average molecular weight is 281 g/mol. The second-order valence-electron chi connectivity index (χ2n) is 4.27. The molecule has 6 nitrogen and oxygen atoms in total. The SMILES string of the molecule is COc1ccc([N+](=O)[O-])cc1NC(=S)N1CCCC1. The fourth-order valence-electron chi connectivity index (χ4n) is 2.02. The number of hydrogen-bond donors (Lipinski definition) is 1. The largest absolute Gasteiger partial charge is 0.495 e. The maximum absolute atomic E-state index is 10.8. The molecule has 19 heavy (non-hydrogen) atoms. The maximum atomic E-state index is 10.8. The first-order valence-corrected chi connectivity index (χ1v) is 6.41. The highest BCUT2D eigenvalue weighted by Crippen LogP contribution is 2.29. The number of nitrogens with zero attached hydrogens (tertiary/aromatic N) is 2. The summed E-state index contributed by atoms with van der Waals surface area (Å²) < 4.78 is 5.18. The van der Waals surface area contributed by atoms with Gasteiger partial charge in [0, 0.05) is 25.2 Å². The third-order valence-electron chi connectivity index (χ3n) is 3.03. The van der Waals surface area contributed by atoms with Crippen LogP contribution in [0.4, 0.5) is 11.4 Å². The third kappa shape index (κ3) is 3.11. The minimum Gasteiger partial charge on any atom is -0.495 e. The molecule has 2 rings (SSSR count). The van der Waals surface area contributed by atoms with Crippen molar-refractivity contribution in [1.82, 2.24) is 4.90 Å². The van der Waals surface area contributed by atoms with Crippen LogP contribution in [0.25, 0.3) is 0 Å². The zero-order valence-electron chi connectivity index (χ0n) is 10.6. The van der Waals surface area contributed by atoms with Crippen molar-refractivity contribution < 1.29 is 9.66 Å². The number of nitro groups is 1. The van der Waals surface area contributed by atoms with Gasteiger partial charge in [-0.25, -0.2) is 0 Å². The van der Waals surface area contributed by atoms with Gasteiger partial charge in [-0.15, -0.1) is 0 Å². The topological polar surface area (TPSA) is 67.6 Å². The van der Waals surface area contributed by atoms with Crippen molar-refractivity contribution >= 4 is 28.7 Å². The zero-order valence-corrected chi connectivity index (χ0v) is 11.4. The van der Waals surface area contributed by atoms with E-state index in [2.05, 4.69) is 5.32 Å². The van der Waals surface area contributed by atoms with Crippen LogP contribution < -0.4 is 10.1 Å². The predicted octanol–water partition coefficient (Wildman–Crippen LogP) is 2.40. The lowest BCUT2D eigenvalue weighted by Crippen LogP contribution is -2.32. The van der Waals surface area contributed by atoms with Gasteiger partial charge < -0.3 is 15.0 Å². The molecule has 1 aliphatic rings. The zero-order chi connectivity index (χ0) is 13.8. The van der Waals surface area contributed by atoms with Crippen molar-refractivity contribution in [3.8, 4) is 5.75 Å². The van der Waals surface area contributed by atoms with Gasteiger partial charge in [0.1, 0.15) is 5.75 Å². The molecule has 0 aromatic heterocycles. The Balaban J connectivity index is 2.19. The standard InChI is InChI=1S/C12H15N3O3S/c1-18-11-5-4-9(15(16)17)8-10(11)13-12(19)14-6-2-3-7-14/h4-5,8H,2-3,6-7H2,1H3,(H,13,19). The number of hydrogen-bond acceptors (Lipinski definition) is 4. The van der Waals surface area contributed by atoms with Gasteiger partial charge in [-0.1, -0.05) is 0 Å². The van der Waals surface area contributed by atoms with Gasteiger partial charge in [0.25, 0.3) is 5.69 Å². The lowest BCUT2D eigenvalue weighted by molar-refractivity contribution is -0.384. The van der Waals surface area contributed by atoms with Crippen LogP contribution in [0.1, 0.15) is 12.8 Å². The van der Waals surface area contributed by atoms with Gasteiger partial charge in [0.05, 0.1) is 17.7 Å². The van der Waals surface area contributed by atoms with E-state index in [-0.39, 0.29) is 5.69 Å². The number of anilines is 1. The lowest BCUT2D eigenvalue weighted by Gasteiger charge is -2.20. The normalized spacial score (nSPS) is 14.3. The van der Waals surface area contributed by atoms with Gasteiger partial charge in [0.15, 0.2) is 5.11 Å². The smallest absolute Gasteiger partial charge is 0.271 e. The molecule has 0 atom stereocenters. The van der Waals surface area contributed by atoms with Gasteiger partial charge in [0.2, 0.25) is 0 Å². The fraction of sp³-hybridized carbons (Fsp3) is 0.417. The van der Waals surface area contributed by atoms with Crippen LogP contribution in [0, 0.1) is 10.1 Å². The molecule has 1 N–H and O–H groups in total. The van der Waals surface area contributed by atoms with Gasteiger partial charge in [-0.2, -0.15) is 0 Å². The first kappa shape index (κ1) is 13.5. The molecule has 0 aliphatic carbocycles. The number of rotatable bonds is 3. The number of methoxy groups -OCH3 is 1. The molecule has 1 saturated heterocycles. The minimum atomic E-state index is -0.441. The van der Waals surface area contributed by atoms with Crippen molar-refractivity contribution in [3.63, 3.8) is 0 Å². The molecular weight excluding hydrogens is 266 g/mol. The molecule has 0 radical (unpaired) electrons. The average Bonchev–Trinajstić information content (AvgIpc) is 2.92. The van der Waals surface area contributed by atoms with E-state index in [1.54, 1.807) is 6.07 Å². The first-order valence-electron chi connectivity index (χ1n) is 6.00. The van der Waals surface area contributed by atoms with E-state index in [1.807, 2.05) is 4.90 Å². The van der Waals surface area contributed by atoms with E-state index >= 15 is 0 Å². The minimum absolute atomic E-state index is 0.00696. The second-order valence-corrected chi connectivity index (χ2v) is 4.65. The number of benzene rings is 1. The highest BCUT2D eigenvalue weighted by molar-refractivity contribution is 7.80. The Bertz CT molecular complexity index is 501. The number of thiocarbonyl (C=S) groups is 1. The Morgan fingerprint density at radius 3 is 2.74 bits per heavy atom. The Morgan fingerprint density at radius 1 is 1.47 bits per heavy atom. The molecule has 0 bridgehead atoms. The van der Waals surface area contributed by atoms with E-state index in [1.165, 1.54) is 19.2 Å². The molecule has 0 saturated carbocycles. The summed E-state index contributed by atoms with van der Waals surface area (Å²) in [5.41, 5.74) is 0.529. The van der Waals surface area contributed by atoms with Gasteiger partial charge in [-0.05, 0) is 31.1 Å². The van der Waals surface area contributed by atoms with Gasteiger partial charge in [-0.3, -0.25) is 10.1 Å². The molecule has 1 aromatic rings. The van der Waals surface area contributed by atoms with Crippen LogP contribution in [0.3, 0.4) is 0 Å². The quantitative estimate of drug-likeness (QED) is 0.521. The van der Waals surface area contributed by atoms with Crippen LogP contribution in [0.15, 0.2) is 18.2 Å². The number of nitrogens with one attached hydrogen (secondary N) is 1. The van der Waals surface area contributed by atoms with Crippen LogP contribution in [-0.4, -0.2) is 35.1 Å². The monoisotopic (exact) mass is 281 g/mol. The third-order valence-corrected chi connectivity index (χ3v) is 3.39. The Kier molecular flexibility index (Phi) is 4.16. The fourth-order valence-corrected chi connectivity index (χ4v) is 2.31. The molecule has 102 valence electrons. The summed E-state index contributed by atoms with van der Waals surface area (Å²) in [6, 6.07) is 4.40. The summed E-state index contributed by atoms with van der Waals surface area (Å²) >= 11 is 5.30. The van der Waals surface area contributed by atoms with Crippen LogP contribution >= 0.6 is 12.2 Å². The van der Waals surface area contributed by atoms with Crippen molar-refractivity contribution in [2.45, 2.75) is 12.8 Å². The Morgan fingerprint density at radius 2 is 2.16 bits per heavy atom. The molecule has 1 aliphatic heterocycles. The summed E-state index contributed by atoms with van der Waals surface area (Å²) in [6.45, 7) is 1.84. The molecule has 0 unspecified atom stereocenters. The highest BCUT2D eigenvalue weighted by atomic mass is 32.1. The molecule has 1 fully saturated rings. The van der Waals surface area contributed by atoms with E-state index in [4.69, 9.17) is 17.0 Å². The number of ether oxygens (including phenoxy) is 1. The van der Waals surface area contributed by atoms with E-state index in [0.29, 0.717) is 16.5 Å². The van der Waals surface area contributed by atoms with E-state index in [9.17, 15) is 10.1 Å². The highest BCUT2D eigenvalue weighted by Gasteiger charge is 2.17. The van der Waals surface area contributed by atoms with Crippen molar-refractivity contribution in [3.05, 3.63) is 28.3 Å². The maximum Gasteiger partial charge on any atom is 0.271 e. The van der Waals surface area contributed by atoms with E-state index < -0.39 is 4.92 Å². The predicted molar refractivity (Wildman–Crippen MR) is 76.7 cm³/mol. The summed E-state index contributed by atoms with van der Waals surface area (Å²) in [6.07, 6.45) is 2.24. The molecule has 0 spiro atoms. The van der Waals surface area contributed by atoms with Crippen LogP contribution in [-0.2, 0) is 0 Å². The number of likely N-dealkylation sites (tertiary alicyclic amines) is 1. The lowest BCUT2D eigenvalue weighted by atomic mass is 10.2. The summed E-state index contributed by atoms with van der Waals surface area (Å²) in [5.74, 6) is 0.534. The molecule has 0 amide bonds. The van der Waals surface area contributed by atoms with Crippen molar-refractivity contribution in [2.24, 2.45) is 0 Å².